The number of nitrogens with one attached hydrogen (secondary N) is 1. The summed E-state index contributed by atoms with van der Waals surface area (Å²) in [5.41, 5.74) is 3.59. The number of aryl methyl sites for hydroxylation is 1. The Morgan fingerprint density at radius 1 is 0.939 bits per heavy atom. The molecule has 1 N–H and O–H groups in total. The van der Waals surface area contributed by atoms with Gasteiger partial charge in [-0.15, -0.1) is 0 Å². The molecule has 178 valence electrons. The molecule has 33 heavy (non-hydrogen) atoms. The summed E-state index contributed by atoms with van der Waals surface area (Å²) in [4.78, 5) is 28.1. The molecule has 1 saturated carbocycles. The fraction of sp³-hybridized carbons (Fsp3) is 0.517. The SMILES string of the molecule is C[C@@H](C(=O)NC1CCCCC1)N(Cc1ccccc1)C(=O)CCc1ccc(C(C)(C)C)cc1. The van der Waals surface area contributed by atoms with Crippen molar-refractivity contribution in [2.24, 2.45) is 0 Å². The first-order valence-electron chi connectivity index (χ1n) is 12.5. The molecule has 1 fully saturated rings. The van der Waals surface area contributed by atoms with Crippen LogP contribution in [-0.4, -0.2) is 28.8 Å². The molecule has 0 spiro atoms. The Kier molecular flexibility index (Phi) is 8.71. The highest BCUT2D eigenvalue weighted by molar-refractivity contribution is 5.87. The summed E-state index contributed by atoms with van der Waals surface area (Å²) < 4.78 is 0. The summed E-state index contributed by atoms with van der Waals surface area (Å²) in [5, 5.41) is 3.20. The minimum absolute atomic E-state index is 0.0186. The number of hydrogen-bond acceptors (Lipinski definition) is 2. The van der Waals surface area contributed by atoms with Crippen LogP contribution in [0.4, 0.5) is 0 Å². The van der Waals surface area contributed by atoms with Gasteiger partial charge in [-0.3, -0.25) is 9.59 Å². The molecule has 0 aliphatic heterocycles. The number of carbonyl (C=O) groups excluding carboxylic acids is 2. The molecule has 1 aliphatic carbocycles. The lowest BCUT2D eigenvalue weighted by molar-refractivity contribution is -0.141. The first kappa shape index (κ1) is 25.0. The monoisotopic (exact) mass is 448 g/mol. The smallest absolute Gasteiger partial charge is 0.242 e. The second kappa shape index (κ2) is 11.5. The van der Waals surface area contributed by atoms with Gasteiger partial charge < -0.3 is 10.2 Å². The number of nitrogens with zero attached hydrogens (tertiary/aromatic N) is 1. The van der Waals surface area contributed by atoms with E-state index in [1.807, 2.05) is 37.3 Å². The van der Waals surface area contributed by atoms with E-state index in [0.717, 1.165) is 24.0 Å². The van der Waals surface area contributed by atoms with Gasteiger partial charge in [-0.25, -0.2) is 0 Å². The van der Waals surface area contributed by atoms with Gasteiger partial charge >= 0.3 is 0 Å². The van der Waals surface area contributed by atoms with Crippen molar-refractivity contribution in [1.29, 1.82) is 0 Å². The van der Waals surface area contributed by atoms with Crippen molar-refractivity contribution in [3.05, 3.63) is 71.3 Å². The van der Waals surface area contributed by atoms with Crippen LogP contribution in [0.25, 0.3) is 0 Å². The van der Waals surface area contributed by atoms with Crippen molar-refractivity contribution in [1.82, 2.24) is 10.2 Å². The molecule has 1 atom stereocenters. The van der Waals surface area contributed by atoms with Crippen LogP contribution in [0.1, 0.15) is 82.9 Å². The summed E-state index contributed by atoms with van der Waals surface area (Å²) in [7, 11) is 0. The van der Waals surface area contributed by atoms with Crippen molar-refractivity contribution in [3.8, 4) is 0 Å². The molecule has 0 radical (unpaired) electrons. The summed E-state index contributed by atoms with van der Waals surface area (Å²) in [6.45, 7) is 8.91. The zero-order chi connectivity index (χ0) is 23.8. The molecule has 2 aromatic rings. The molecule has 1 aliphatic rings. The maximum absolute atomic E-state index is 13.3. The van der Waals surface area contributed by atoms with Gasteiger partial charge in [-0.2, -0.15) is 0 Å². The number of carbonyl (C=O) groups is 2. The van der Waals surface area contributed by atoms with E-state index in [4.69, 9.17) is 0 Å². The Hall–Kier alpha value is -2.62. The van der Waals surface area contributed by atoms with Crippen LogP contribution >= 0.6 is 0 Å². The molecular weight excluding hydrogens is 408 g/mol. The Balaban J connectivity index is 1.67. The summed E-state index contributed by atoms with van der Waals surface area (Å²) >= 11 is 0. The van der Waals surface area contributed by atoms with Gasteiger partial charge in [0.05, 0.1) is 0 Å². The largest absolute Gasteiger partial charge is 0.352 e. The summed E-state index contributed by atoms with van der Waals surface area (Å²) in [6, 6.07) is 18.2. The van der Waals surface area contributed by atoms with Gasteiger partial charge in [0.25, 0.3) is 0 Å². The molecule has 4 heteroatoms. The Morgan fingerprint density at radius 3 is 2.18 bits per heavy atom. The van der Waals surface area contributed by atoms with Crippen molar-refractivity contribution in [3.63, 3.8) is 0 Å². The van der Waals surface area contributed by atoms with Gasteiger partial charge in [0, 0.05) is 19.0 Å². The topological polar surface area (TPSA) is 49.4 Å². The van der Waals surface area contributed by atoms with Gasteiger partial charge in [-0.05, 0) is 48.3 Å². The normalized spacial score (nSPS) is 15.6. The maximum Gasteiger partial charge on any atom is 0.242 e. The average molecular weight is 449 g/mol. The summed E-state index contributed by atoms with van der Waals surface area (Å²) in [6.07, 6.45) is 6.72. The van der Waals surface area contributed by atoms with E-state index in [2.05, 4.69) is 50.4 Å². The lowest BCUT2D eigenvalue weighted by Gasteiger charge is -2.31. The summed E-state index contributed by atoms with van der Waals surface area (Å²) in [5.74, 6) is -0.0224. The predicted octanol–water partition coefficient (Wildman–Crippen LogP) is 5.78. The minimum atomic E-state index is -0.497. The Morgan fingerprint density at radius 2 is 1.58 bits per heavy atom. The number of rotatable bonds is 8. The van der Waals surface area contributed by atoms with E-state index in [-0.39, 0.29) is 23.3 Å². The van der Waals surface area contributed by atoms with E-state index in [1.165, 1.54) is 24.8 Å². The van der Waals surface area contributed by atoms with Crippen LogP contribution in [0, 0.1) is 0 Å². The number of benzene rings is 2. The van der Waals surface area contributed by atoms with Crippen LogP contribution in [0.2, 0.25) is 0 Å². The molecule has 0 bridgehead atoms. The molecule has 0 aromatic heterocycles. The van der Waals surface area contributed by atoms with E-state index in [1.54, 1.807) is 4.90 Å². The predicted molar refractivity (Wildman–Crippen MR) is 135 cm³/mol. The maximum atomic E-state index is 13.3. The van der Waals surface area contributed by atoms with Crippen molar-refractivity contribution in [2.75, 3.05) is 0 Å². The molecule has 3 rings (SSSR count). The molecule has 2 aromatic carbocycles. The van der Waals surface area contributed by atoms with Gasteiger partial charge in [-0.1, -0.05) is 94.6 Å². The zero-order valence-electron chi connectivity index (χ0n) is 20.8. The quantitative estimate of drug-likeness (QED) is 0.556. The molecule has 4 nitrogen and oxygen atoms in total. The van der Waals surface area contributed by atoms with Gasteiger partial charge in [0.15, 0.2) is 0 Å². The van der Waals surface area contributed by atoms with E-state index >= 15 is 0 Å². The minimum Gasteiger partial charge on any atom is -0.352 e. The Labute approximate surface area is 199 Å². The van der Waals surface area contributed by atoms with Crippen LogP contribution in [0.15, 0.2) is 54.6 Å². The highest BCUT2D eigenvalue weighted by Crippen LogP contribution is 2.23. The Bertz CT molecular complexity index is 893. The number of hydrogen-bond donors (Lipinski definition) is 1. The van der Waals surface area contributed by atoms with E-state index in [9.17, 15) is 9.59 Å². The van der Waals surface area contributed by atoms with Crippen LogP contribution in [0.5, 0.6) is 0 Å². The first-order valence-corrected chi connectivity index (χ1v) is 12.5. The van der Waals surface area contributed by atoms with Crippen molar-refractivity contribution in [2.45, 2.75) is 96.7 Å². The van der Waals surface area contributed by atoms with Crippen molar-refractivity contribution < 1.29 is 9.59 Å². The third-order valence-electron chi connectivity index (χ3n) is 6.76. The third kappa shape index (κ3) is 7.45. The van der Waals surface area contributed by atoms with Gasteiger partial charge in [0.1, 0.15) is 6.04 Å². The number of amides is 2. The molecule has 0 unspecified atom stereocenters. The van der Waals surface area contributed by atoms with Crippen LogP contribution < -0.4 is 5.32 Å². The van der Waals surface area contributed by atoms with Crippen molar-refractivity contribution >= 4 is 11.8 Å². The van der Waals surface area contributed by atoms with Crippen LogP contribution in [0.3, 0.4) is 0 Å². The molecule has 0 saturated heterocycles. The fourth-order valence-electron chi connectivity index (χ4n) is 4.50. The second-order valence-corrected chi connectivity index (χ2v) is 10.5. The standard InChI is InChI=1S/C29H40N2O2/c1-22(28(33)30-26-13-9-6-10-14-26)31(21-24-11-7-5-8-12-24)27(32)20-17-23-15-18-25(19-16-23)29(2,3)4/h5,7-8,11-12,15-16,18-19,22,26H,6,9-10,13-14,17,20-21H2,1-4H3,(H,30,33)/t22-/m0/s1. The first-order chi connectivity index (χ1) is 15.7. The fourth-order valence-corrected chi connectivity index (χ4v) is 4.50. The van der Waals surface area contributed by atoms with Crippen LogP contribution in [-0.2, 0) is 28.0 Å². The highest BCUT2D eigenvalue weighted by atomic mass is 16.2. The average Bonchev–Trinajstić information content (AvgIpc) is 2.81. The molecule has 2 amide bonds. The third-order valence-corrected chi connectivity index (χ3v) is 6.76. The lowest BCUT2D eigenvalue weighted by atomic mass is 9.86. The van der Waals surface area contributed by atoms with E-state index in [0.29, 0.717) is 19.4 Å². The highest BCUT2D eigenvalue weighted by Gasteiger charge is 2.28. The lowest BCUT2D eigenvalue weighted by Crippen LogP contribution is -2.50. The molecular formula is C29H40N2O2. The molecule has 0 heterocycles. The van der Waals surface area contributed by atoms with Gasteiger partial charge in [0.2, 0.25) is 11.8 Å². The van der Waals surface area contributed by atoms with E-state index < -0.39 is 6.04 Å². The zero-order valence-corrected chi connectivity index (χ0v) is 20.8. The second-order valence-electron chi connectivity index (χ2n) is 10.5.